The van der Waals surface area contributed by atoms with E-state index in [4.69, 9.17) is 9.72 Å². The minimum atomic E-state index is 0.800. The van der Waals surface area contributed by atoms with Crippen LogP contribution in [-0.2, 0) is 12.8 Å². The molecule has 0 aliphatic carbocycles. The predicted octanol–water partition coefficient (Wildman–Crippen LogP) is 5.87. The Balaban J connectivity index is 1.38. The van der Waals surface area contributed by atoms with Crippen LogP contribution in [0.2, 0.25) is 0 Å². The summed E-state index contributed by atoms with van der Waals surface area (Å²) in [4.78, 5) is 14.1. The van der Waals surface area contributed by atoms with Gasteiger partial charge in [-0.2, -0.15) is 0 Å². The third-order valence-corrected chi connectivity index (χ3v) is 5.96. The van der Waals surface area contributed by atoms with Crippen LogP contribution >= 0.6 is 0 Å². The zero-order valence-corrected chi connectivity index (χ0v) is 19.1. The molecule has 0 fully saturated rings. The van der Waals surface area contributed by atoms with Crippen LogP contribution in [0.5, 0.6) is 5.75 Å². The van der Waals surface area contributed by atoms with E-state index >= 15 is 0 Å². The first kappa shape index (κ1) is 20.9. The molecule has 0 saturated carbocycles. The van der Waals surface area contributed by atoms with Gasteiger partial charge in [0.15, 0.2) is 5.65 Å². The van der Waals surface area contributed by atoms with Gasteiger partial charge >= 0.3 is 0 Å². The Morgan fingerprint density at radius 2 is 1.70 bits per heavy atom. The number of pyridine rings is 1. The highest BCUT2D eigenvalue weighted by Crippen LogP contribution is 2.25. The van der Waals surface area contributed by atoms with Crippen molar-refractivity contribution in [2.45, 2.75) is 26.7 Å². The van der Waals surface area contributed by atoms with Gasteiger partial charge in [-0.05, 0) is 68.1 Å². The number of methoxy groups -OCH3 is 1. The van der Waals surface area contributed by atoms with Crippen LogP contribution in [0.3, 0.4) is 0 Å². The fourth-order valence-electron chi connectivity index (χ4n) is 4.25. The molecule has 0 radical (unpaired) electrons. The summed E-state index contributed by atoms with van der Waals surface area (Å²) in [5, 5.41) is 0. The minimum Gasteiger partial charge on any atom is -0.497 e. The number of benzene rings is 2. The van der Waals surface area contributed by atoms with Gasteiger partial charge in [0.1, 0.15) is 5.75 Å². The number of ether oxygens (including phenoxy) is 1. The van der Waals surface area contributed by atoms with Crippen molar-refractivity contribution in [3.63, 3.8) is 0 Å². The van der Waals surface area contributed by atoms with Crippen LogP contribution in [-0.4, -0.2) is 26.5 Å². The summed E-state index contributed by atoms with van der Waals surface area (Å²) in [6.45, 7) is 4.24. The van der Waals surface area contributed by atoms with Crippen molar-refractivity contribution >= 4 is 5.65 Å². The predicted molar refractivity (Wildman–Crippen MR) is 132 cm³/mol. The zero-order chi connectivity index (χ0) is 22.8. The first-order valence-electron chi connectivity index (χ1n) is 11.1. The molecule has 0 N–H and O–H groups in total. The summed E-state index contributed by atoms with van der Waals surface area (Å²) in [6.07, 6.45) is 9.37. The number of aromatic nitrogens is 4. The number of hydrogen-bond donors (Lipinski definition) is 0. The summed E-state index contributed by atoms with van der Waals surface area (Å²) >= 11 is 0. The van der Waals surface area contributed by atoms with Crippen molar-refractivity contribution in [1.29, 1.82) is 0 Å². The van der Waals surface area contributed by atoms with E-state index in [0.29, 0.717) is 0 Å². The van der Waals surface area contributed by atoms with E-state index in [0.717, 1.165) is 52.4 Å². The summed E-state index contributed by atoms with van der Waals surface area (Å²) in [6, 6.07) is 18.7. The van der Waals surface area contributed by atoms with Crippen molar-refractivity contribution in [2.75, 3.05) is 7.11 Å². The average Bonchev–Trinajstić information content (AvgIpc) is 3.28. The van der Waals surface area contributed by atoms with E-state index in [2.05, 4.69) is 58.5 Å². The first-order chi connectivity index (χ1) is 16.1. The summed E-state index contributed by atoms with van der Waals surface area (Å²) in [7, 11) is 1.67. The fraction of sp³-hybridized carbons (Fsp3) is 0.179. The SMILES string of the molecule is COc1ccc(-c2cnc3c(CCc4cnc(-c5cccc(C)c5)c(C)c4)nccn23)cc1. The maximum absolute atomic E-state index is 5.28. The van der Waals surface area contributed by atoms with Gasteiger partial charge < -0.3 is 4.74 Å². The molecule has 0 unspecified atom stereocenters. The number of hydrogen-bond acceptors (Lipinski definition) is 4. The maximum Gasteiger partial charge on any atom is 0.159 e. The summed E-state index contributed by atoms with van der Waals surface area (Å²) < 4.78 is 7.38. The lowest BCUT2D eigenvalue weighted by atomic mass is 10.0. The van der Waals surface area contributed by atoms with Crippen LogP contribution in [0.1, 0.15) is 22.4 Å². The number of imidazole rings is 1. The average molecular weight is 435 g/mol. The number of aryl methyl sites for hydroxylation is 4. The van der Waals surface area contributed by atoms with Gasteiger partial charge in [0, 0.05) is 29.7 Å². The molecule has 0 aliphatic heterocycles. The second-order valence-corrected chi connectivity index (χ2v) is 8.32. The molecule has 0 spiro atoms. The van der Waals surface area contributed by atoms with Crippen molar-refractivity contribution in [3.8, 4) is 28.3 Å². The highest BCUT2D eigenvalue weighted by atomic mass is 16.5. The molecule has 3 heterocycles. The standard InChI is InChI=1S/C28H26N4O/c1-19-5-4-6-23(15-19)27-20(2)16-21(17-30-27)7-12-25-28-31-18-26(32(28)14-13-29-25)22-8-10-24(33-3)11-9-22/h4-6,8-11,13-18H,7,12H2,1-3H3. The van der Waals surface area contributed by atoms with Gasteiger partial charge in [-0.3, -0.25) is 14.4 Å². The van der Waals surface area contributed by atoms with Gasteiger partial charge in [-0.15, -0.1) is 0 Å². The van der Waals surface area contributed by atoms with Crippen molar-refractivity contribution in [3.05, 3.63) is 102 Å². The molecule has 2 aromatic carbocycles. The number of rotatable bonds is 6. The Bertz CT molecular complexity index is 1420. The van der Waals surface area contributed by atoms with Crippen LogP contribution in [0.25, 0.3) is 28.2 Å². The van der Waals surface area contributed by atoms with Gasteiger partial charge in [-0.1, -0.05) is 29.8 Å². The topological polar surface area (TPSA) is 52.3 Å². The number of fused-ring (bicyclic) bond motifs is 1. The smallest absolute Gasteiger partial charge is 0.159 e. The van der Waals surface area contributed by atoms with E-state index in [1.165, 1.54) is 16.7 Å². The molecule has 0 aliphatic rings. The third-order valence-electron chi connectivity index (χ3n) is 5.96. The molecule has 5 rings (SSSR count). The summed E-state index contributed by atoms with van der Waals surface area (Å²) in [5.74, 6) is 0.840. The monoisotopic (exact) mass is 434 g/mol. The molecule has 5 nitrogen and oxygen atoms in total. The molecule has 33 heavy (non-hydrogen) atoms. The molecule has 164 valence electrons. The van der Waals surface area contributed by atoms with E-state index < -0.39 is 0 Å². The van der Waals surface area contributed by atoms with Crippen molar-refractivity contribution < 1.29 is 4.74 Å². The van der Waals surface area contributed by atoms with Gasteiger partial charge in [-0.25, -0.2) is 4.98 Å². The lowest BCUT2D eigenvalue weighted by Gasteiger charge is -2.09. The Labute approximate surface area is 193 Å². The number of nitrogens with zero attached hydrogens (tertiary/aromatic N) is 4. The minimum absolute atomic E-state index is 0.800. The molecular formula is C28H26N4O. The molecule has 5 aromatic rings. The normalized spacial score (nSPS) is 11.1. The Hall–Kier alpha value is -3.99. The Morgan fingerprint density at radius 1 is 0.848 bits per heavy atom. The largest absolute Gasteiger partial charge is 0.497 e. The van der Waals surface area contributed by atoms with E-state index in [1.54, 1.807) is 7.11 Å². The molecule has 0 amide bonds. The molecular weight excluding hydrogens is 408 g/mol. The summed E-state index contributed by atoms with van der Waals surface area (Å²) in [5.41, 5.74) is 9.84. The zero-order valence-electron chi connectivity index (χ0n) is 19.1. The van der Waals surface area contributed by atoms with Crippen LogP contribution < -0.4 is 4.74 Å². The molecule has 0 bridgehead atoms. The molecule has 3 aromatic heterocycles. The van der Waals surface area contributed by atoms with Crippen LogP contribution in [0.4, 0.5) is 0 Å². The van der Waals surface area contributed by atoms with E-state index in [9.17, 15) is 0 Å². The van der Waals surface area contributed by atoms with Crippen molar-refractivity contribution in [1.82, 2.24) is 19.4 Å². The lowest BCUT2D eigenvalue weighted by Crippen LogP contribution is -2.01. The quantitative estimate of drug-likeness (QED) is 0.335. The Kier molecular flexibility index (Phi) is 5.61. The maximum atomic E-state index is 5.28. The third kappa shape index (κ3) is 4.22. The Morgan fingerprint density at radius 3 is 2.45 bits per heavy atom. The molecule has 0 atom stereocenters. The fourth-order valence-corrected chi connectivity index (χ4v) is 4.25. The second-order valence-electron chi connectivity index (χ2n) is 8.32. The highest BCUT2D eigenvalue weighted by Gasteiger charge is 2.12. The second kappa shape index (κ2) is 8.87. The molecule has 0 saturated heterocycles. The van der Waals surface area contributed by atoms with Crippen LogP contribution in [0.15, 0.2) is 79.4 Å². The first-order valence-corrected chi connectivity index (χ1v) is 11.1. The van der Waals surface area contributed by atoms with Gasteiger partial charge in [0.05, 0.1) is 30.4 Å². The van der Waals surface area contributed by atoms with Gasteiger partial charge in [0.25, 0.3) is 0 Å². The lowest BCUT2D eigenvalue weighted by molar-refractivity contribution is 0.415. The highest BCUT2D eigenvalue weighted by molar-refractivity contribution is 5.66. The molecule has 5 heteroatoms. The van der Waals surface area contributed by atoms with E-state index in [1.807, 2.05) is 49.1 Å². The van der Waals surface area contributed by atoms with E-state index in [-0.39, 0.29) is 0 Å². The van der Waals surface area contributed by atoms with Gasteiger partial charge in [0.2, 0.25) is 0 Å². The van der Waals surface area contributed by atoms with Crippen molar-refractivity contribution in [2.24, 2.45) is 0 Å². The van der Waals surface area contributed by atoms with Crippen LogP contribution in [0, 0.1) is 13.8 Å².